The molecule has 4 atom stereocenters. The van der Waals surface area contributed by atoms with Crippen LogP contribution in [0.2, 0.25) is 0 Å². The fourth-order valence-electron chi connectivity index (χ4n) is 5.57. The van der Waals surface area contributed by atoms with Crippen LogP contribution in [-0.2, 0) is 19.8 Å². The second-order valence-electron chi connectivity index (χ2n) is 12.7. The maximum absolute atomic E-state index is 13.8. The van der Waals surface area contributed by atoms with Gasteiger partial charge in [-0.1, -0.05) is 66.5 Å². The van der Waals surface area contributed by atoms with E-state index in [-0.39, 0.29) is 47.4 Å². The molecule has 1 aromatic rings. The van der Waals surface area contributed by atoms with Gasteiger partial charge in [0.25, 0.3) is 5.91 Å². The Morgan fingerprint density at radius 2 is 1.71 bits per heavy atom. The highest BCUT2D eigenvalue weighted by Crippen LogP contribution is 2.33. The molecule has 38 heavy (non-hydrogen) atoms. The van der Waals surface area contributed by atoms with Crippen molar-refractivity contribution in [3.05, 3.63) is 35.4 Å². The van der Waals surface area contributed by atoms with Crippen molar-refractivity contribution in [1.29, 1.82) is 0 Å². The number of hydrogen-bond donors (Lipinski definition) is 2. The normalized spacial score (nSPS) is 21.9. The molecule has 2 fully saturated rings. The quantitative estimate of drug-likeness (QED) is 0.512. The summed E-state index contributed by atoms with van der Waals surface area (Å²) in [5.74, 6) is -0.806. The molecule has 1 aromatic carbocycles. The maximum Gasteiger partial charge on any atom is 0.251 e. The molecule has 3 amide bonds. The Morgan fingerprint density at radius 3 is 2.26 bits per heavy atom. The number of rotatable bonds is 9. The third kappa shape index (κ3) is 6.45. The molecule has 0 bridgehead atoms. The fraction of sp³-hybridized carbons (Fsp3) is 0.667. The minimum atomic E-state index is -1.04. The number of nitrogens with one attached hydrogen (secondary N) is 1. The van der Waals surface area contributed by atoms with E-state index in [1.54, 1.807) is 28.9 Å². The van der Waals surface area contributed by atoms with E-state index >= 15 is 0 Å². The zero-order valence-electron chi connectivity index (χ0n) is 24.2. The Morgan fingerprint density at radius 1 is 1.08 bits per heavy atom. The monoisotopic (exact) mass is 526 g/mol. The second-order valence-corrected chi connectivity index (χ2v) is 12.7. The minimum absolute atomic E-state index is 0.0296. The minimum Gasteiger partial charge on any atom is -0.340 e. The van der Waals surface area contributed by atoms with Gasteiger partial charge in [-0.15, -0.1) is 0 Å². The molecular formula is C30H46N4O4. The summed E-state index contributed by atoms with van der Waals surface area (Å²) in [4.78, 5) is 56.5. The first-order valence-electron chi connectivity index (χ1n) is 14.0. The molecular weight excluding hydrogens is 480 g/mol. The summed E-state index contributed by atoms with van der Waals surface area (Å²) in [6.07, 6.45) is 3.28. The van der Waals surface area contributed by atoms with Crippen molar-refractivity contribution in [2.75, 3.05) is 13.1 Å². The molecule has 0 aromatic heterocycles. The van der Waals surface area contributed by atoms with Gasteiger partial charge < -0.3 is 20.9 Å². The summed E-state index contributed by atoms with van der Waals surface area (Å²) in [5.41, 5.74) is 6.90. The van der Waals surface area contributed by atoms with Crippen LogP contribution in [0.15, 0.2) is 24.3 Å². The van der Waals surface area contributed by atoms with Gasteiger partial charge in [0, 0.05) is 12.1 Å². The fourth-order valence-corrected chi connectivity index (χ4v) is 5.57. The van der Waals surface area contributed by atoms with Crippen LogP contribution < -0.4 is 11.1 Å². The number of carbonyl (C=O) groups is 4. The SMILES string of the molecule is CCCC[C@](C)(N)C(=O)N1CC(=O)C2C1CCN2C(=O)C(CC(C)C)NC(=O)c1ccc(C(C)(C)C)cc1. The van der Waals surface area contributed by atoms with Gasteiger partial charge in [0.1, 0.15) is 12.1 Å². The zero-order chi connectivity index (χ0) is 28.4. The molecule has 0 saturated carbocycles. The van der Waals surface area contributed by atoms with E-state index in [2.05, 4.69) is 26.1 Å². The van der Waals surface area contributed by atoms with E-state index < -0.39 is 17.6 Å². The molecule has 0 spiro atoms. The lowest BCUT2D eigenvalue weighted by molar-refractivity contribution is -0.138. The van der Waals surface area contributed by atoms with Crippen molar-refractivity contribution in [2.45, 2.75) is 110 Å². The smallest absolute Gasteiger partial charge is 0.251 e. The number of benzene rings is 1. The molecule has 2 aliphatic heterocycles. The molecule has 3 rings (SSSR count). The van der Waals surface area contributed by atoms with E-state index in [4.69, 9.17) is 5.73 Å². The number of ketones is 1. The standard InChI is InChI=1S/C30H46N4O4/c1-8-9-15-30(7,31)28(38)34-18-24(35)25-23(34)14-16-33(25)27(37)22(17-19(2)3)32-26(36)20-10-12-21(13-11-20)29(4,5)6/h10-13,19,22-23,25H,8-9,14-18,31H2,1-7H3,(H,32,36)/t22?,23?,25?,30-/m0/s1. The molecule has 210 valence electrons. The van der Waals surface area contributed by atoms with Crippen molar-refractivity contribution in [2.24, 2.45) is 11.7 Å². The predicted octanol–water partition coefficient (Wildman–Crippen LogP) is 3.42. The van der Waals surface area contributed by atoms with Crippen molar-refractivity contribution in [3.8, 4) is 0 Å². The van der Waals surface area contributed by atoms with Gasteiger partial charge in [0.05, 0.1) is 18.1 Å². The van der Waals surface area contributed by atoms with E-state index in [0.717, 1.165) is 18.4 Å². The summed E-state index contributed by atoms with van der Waals surface area (Å²) in [7, 11) is 0. The van der Waals surface area contributed by atoms with Crippen LogP contribution in [0.1, 0.15) is 96.5 Å². The number of likely N-dealkylation sites (tertiary alicyclic amines) is 2. The molecule has 8 heteroatoms. The number of carbonyl (C=O) groups excluding carboxylic acids is 4. The summed E-state index contributed by atoms with van der Waals surface area (Å²) in [6, 6.07) is 5.62. The summed E-state index contributed by atoms with van der Waals surface area (Å²) >= 11 is 0. The van der Waals surface area contributed by atoms with Gasteiger partial charge in [0.15, 0.2) is 5.78 Å². The second kappa shape index (κ2) is 11.6. The zero-order valence-corrected chi connectivity index (χ0v) is 24.2. The largest absolute Gasteiger partial charge is 0.340 e. The predicted molar refractivity (Wildman–Crippen MR) is 149 cm³/mol. The highest BCUT2D eigenvalue weighted by Gasteiger charge is 2.53. The Kier molecular flexibility index (Phi) is 9.07. The number of nitrogens with zero attached hydrogens (tertiary/aromatic N) is 2. The average Bonchev–Trinajstić information content (AvgIpc) is 3.42. The molecule has 8 nitrogen and oxygen atoms in total. The van der Waals surface area contributed by atoms with E-state index in [9.17, 15) is 19.2 Å². The Labute approximate surface area is 227 Å². The highest BCUT2D eigenvalue weighted by atomic mass is 16.2. The van der Waals surface area contributed by atoms with Gasteiger partial charge in [0.2, 0.25) is 11.8 Å². The van der Waals surface area contributed by atoms with Crippen LogP contribution >= 0.6 is 0 Å². The van der Waals surface area contributed by atoms with Crippen LogP contribution in [0.4, 0.5) is 0 Å². The summed E-state index contributed by atoms with van der Waals surface area (Å²) in [5, 5.41) is 2.93. The van der Waals surface area contributed by atoms with E-state index in [1.165, 1.54) is 0 Å². The van der Waals surface area contributed by atoms with Gasteiger partial charge in [-0.2, -0.15) is 0 Å². The first-order valence-corrected chi connectivity index (χ1v) is 14.0. The van der Waals surface area contributed by atoms with Crippen molar-refractivity contribution < 1.29 is 19.2 Å². The van der Waals surface area contributed by atoms with Gasteiger partial charge in [-0.25, -0.2) is 0 Å². The molecule has 3 unspecified atom stereocenters. The highest BCUT2D eigenvalue weighted by molar-refractivity contribution is 6.01. The molecule has 0 radical (unpaired) electrons. The van der Waals surface area contributed by atoms with Crippen LogP contribution in [0.5, 0.6) is 0 Å². The van der Waals surface area contributed by atoms with Crippen molar-refractivity contribution in [1.82, 2.24) is 15.1 Å². The molecule has 2 aliphatic rings. The number of Topliss-reactive ketones (excluding diaryl/α,β-unsaturated/α-hetero) is 1. The number of unbranched alkanes of at least 4 members (excludes halogenated alkanes) is 1. The van der Waals surface area contributed by atoms with E-state index in [1.807, 2.05) is 32.9 Å². The first kappa shape index (κ1) is 29.8. The number of amides is 3. The third-order valence-corrected chi connectivity index (χ3v) is 7.83. The number of nitrogens with two attached hydrogens (primary N) is 1. The lowest BCUT2D eigenvalue weighted by Gasteiger charge is -2.32. The molecule has 0 aliphatic carbocycles. The Hall–Kier alpha value is -2.74. The number of hydrogen-bond acceptors (Lipinski definition) is 5. The summed E-state index contributed by atoms with van der Waals surface area (Å²) < 4.78 is 0. The van der Waals surface area contributed by atoms with Gasteiger partial charge in [-0.3, -0.25) is 19.2 Å². The number of fused-ring (bicyclic) bond motifs is 1. The van der Waals surface area contributed by atoms with Crippen molar-refractivity contribution >= 4 is 23.5 Å². The van der Waals surface area contributed by atoms with Gasteiger partial charge >= 0.3 is 0 Å². The van der Waals surface area contributed by atoms with Crippen molar-refractivity contribution in [3.63, 3.8) is 0 Å². The topological polar surface area (TPSA) is 113 Å². The average molecular weight is 527 g/mol. The van der Waals surface area contributed by atoms with Crippen LogP contribution in [0, 0.1) is 5.92 Å². The molecule has 2 saturated heterocycles. The Bertz CT molecular complexity index is 1040. The first-order chi connectivity index (χ1) is 17.7. The Balaban J connectivity index is 1.76. The molecule has 2 heterocycles. The lowest BCUT2D eigenvalue weighted by Crippen LogP contribution is -2.55. The lowest BCUT2D eigenvalue weighted by atomic mass is 9.86. The summed E-state index contributed by atoms with van der Waals surface area (Å²) in [6.45, 7) is 14.4. The van der Waals surface area contributed by atoms with Gasteiger partial charge in [-0.05, 0) is 55.2 Å². The van der Waals surface area contributed by atoms with Crippen LogP contribution in [0.3, 0.4) is 0 Å². The molecule has 3 N–H and O–H groups in total. The van der Waals surface area contributed by atoms with E-state index in [0.29, 0.717) is 31.4 Å². The van der Waals surface area contributed by atoms with Crippen LogP contribution in [-0.4, -0.2) is 70.1 Å². The third-order valence-electron chi connectivity index (χ3n) is 7.83. The maximum atomic E-state index is 13.8. The van der Waals surface area contributed by atoms with Crippen LogP contribution in [0.25, 0.3) is 0 Å².